The number of sulfonamides is 1. The molecule has 0 fully saturated rings. The van der Waals surface area contributed by atoms with Gasteiger partial charge in [-0.3, -0.25) is 0 Å². The van der Waals surface area contributed by atoms with Gasteiger partial charge in [-0.1, -0.05) is 36.4 Å². The normalized spacial score (nSPS) is 12.1. The molecule has 6 nitrogen and oxygen atoms in total. The molecule has 27 heavy (non-hydrogen) atoms. The summed E-state index contributed by atoms with van der Waals surface area (Å²) in [7, 11) is -1.27. The summed E-state index contributed by atoms with van der Waals surface area (Å²) < 4.78 is 28.7. The molecule has 144 valence electrons. The third-order valence-electron chi connectivity index (χ3n) is 4.29. The Hall–Kier alpha value is -2.22. The first-order valence-electron chi connectivity index (χ1n) is 9.03. The molecule has 0 unspecified atom stereocenters. The summed E-state index contributed by atoms with van der Waals surface area (Å²) in [6, 6.07) is 15.6. The monoisotopic (exact) mass is 386 g/mol. The molecule has 0 amide bonds. The molecule has 0 radical (unpaired) electrons. The van der Waals surface area contributed by atoms with Gasteiger partial charge in [-0.2, -0.15) is 0 Å². The molecule has 3 rings (SSSR count). The number of aromatic nitrogens is 2. The molecule has 1 heterocycles. The van der Waals surface area contributed by atoms with Crippen LogP contribution >= 0.6 is 0 Å². The van der Waals surface area contributed by atoms with E-state index in [9.17, 15) is 8.42 Å². The maximum atomic E-state index is 12.0. The van der Waals surface area contributed by atoms with Crippen molar-refractivity contribution in [1.29, 1.82) is 0 Å². The number of aryl methyl sites for hydroxylation is 1. The highest BCUT2D eigenvalue weighted by atomic mass is 32.2. The van der Waals surface area contributed by atoms with E-state index in [1.165, 1.54) is 0 Å². The number of rotatable bonds is 8. The van der Waals surface area contributed by atoms with Gasteiger partial charge in [0.05, 0.1) is 23.3 Å². The molecule has 1 aromatic heterocycles. The van der Waals surface area contributed by atoms with E-state index >= 15 is 0 Å². The molecule has 0 saturated heterocycles. The van der Waals surface area contributed by atoms with Crippen molar-refractivity contribution in [2.75, 3.05) is 0 Å². The third kappa shape index (κ3) is 5.15. The van der Waals surface area contributed by atoms with Gasteiger partial charge in [0, 0.05) is 19.6 Å². The molecule has 0 aliphatic rings. The topological polar surface area (TPSA) is 76.0 Å². The van der Waals surface area contributed by atoms with Crippen molar-refractivity contribution in [2.45, 2.75) is 38.7 Å². The zero-order chi connectivity index (χ0) is 19.4. The summed E-state index contributed by atoms with van der Waals surface area (Å²) in [4.78, 5) is 4.65. The van der Waals surface area contributed by atoms with E-state index in [0.29, 0.717) is 13.1 Å². The first-order valence-corrected chi connectivity index (χ1v) is 10.7. The van der Waals surface area contributed by atoms with E-state index in [1.807, 2.05) is 63.4 Å². The average molecular weight is 387 g/mol. The molecule has 0 aliphatic carbocycles. The van der Waals surface area contributed by atoms with E-state index in [-0.39, 0.29) is 11.8 Å². The fraction of sp³-hybridized carbons (Fsp3) is 0.350. The highest BCUT2D eigenvalue weighted by molar-refractivity contribution is 7.88. The zero-order valence-electron chi connectivity index (χ0n) is 15.9. The molecular weight excluding hydrogens is 360 g/mol. The Labute approximate surface area is 160 Å². The minimum Gasteiger partial charge on any atom is -0.330 e. The summed E-state index contributed by atoms with van der Waals surface area (Å²) in [6.07, 6.45) is 0. The van der Waals surface area contributed by atoms with E-state index < -0.39 is 10.0 Å². The van der Waals surface area contributed by atoms with Gasteiger partial charge in [-0.25, -0.2) is 18.1 Å². The number of nitrogens with zero attached hydrogens (tertiary/aromatic N) is 2. The van der Waals surface area contributed by atoms with Crippen molar-refractivity contribution in [3.05, 3.63) is 65.5 Å². The Morgan fingerprint density at radius 3 is 2.33 bits per heavy atom. The predicted octanol–water partition coefficient (Wildman–Crippen LogP) is 2.69. The van der Waals surface area contributed by atoms with Crippen LogP contribution in [0.4, 0.5) is 0 Å². The molecule has 0 aliphatic heterocycles. The number of hydrogen-bond acceptors (Lipinski definition) is 4. The van der Waals surface area contributed by atoms with Crippen LogP contribution in [0, 0.1) is 0 Å². The van der Waals surface area contributed by atoms with Crippen molar-refractivity contribution >= 4 is 21.1 Å². The van der Waals surface area contributed by atoms with Crippen LogP contribution in [0.15, 0.2) is 48.5 Å². The van der Waals surface area contributed by atoms with Crippen molar-refractivity contribution < 1.29 is 8.42 Å². The number of fused-ring (bicyclic) bond motifs is 1. The summed E-state index contributed by atoms with van der Waals surface area (Å²) in [5.41, 5.74) is 4.00. The number of benzene rings is 2. The van der Waals surface area contributed by atoms with Crippen molar-refractivity contribution in [3.63, 3.8) is 0 Å². The lowest BCUT2D eigenvalue weighted by atomic mass is 10.1. The maximum absolute atomic E-state index is 12.0. The Morgan fingerprint density at radius 2 is 1.67 bits per heavy atom. The smallest absolute Gasteiger partial charge is 0.216 e. The van der Waals surface area contributed by atoms with Gasteiger partial charge in [-0.15, -0.1) is 0 Å². The number of para-hydroxylation sites is 2. The summed E-state index contributed by atoms with van der Waals surface area (Å²) in [6.45, 7) is 4.99. The van der Waals surface area contributed by atoms with Gasteiger partial charge in [0.25, 0.3) is 0 Å². The van der Waals surface area contributed by atoms with Crippen LogP contribution in [0.1, 0.15) is 30.8 Å². The van der Waals surface area contributed by atoms with Gasteiger partial charge in [-0.05, 0) is 37.1 Å². The second-order valence-electron chi connectivity index (χ2n) is 7.03. The quantitative estimate of drug-likeness (QED) is 0.624. The number of imidazole rings is 1. The second kappa shape index (κ2) is 8.21. The van der Waals surface area contributed by atoms with Crippen molar-refractivity contribution in [1.82, 2.24) is 19.6 Å². The van der Waals surface area contributed by atoms with E-state index in [4.69, 9.17) is 0 Å². The fourth-order valence-electron chi connectivity index (χ4n) is 3.05. The first-order chi connectivity index (χ1) is 12.8. The van der Waals surface area contributed by atoms with E-state index in [2.05, 4.69) is 25.7 Å². The van der Waals surface area contributed by atoms with Gasteiger partial charge >= 0.3 is 0 Å². The Morgan fingerprint density at radius 1 is 1.00 bits per heavy atom. The van der Waals surface area contributed by atoms with Crippen LogP contribution in [-0.2, 0) is 35.9 Å². The highest BCUT2D eigenvalue weighted by Gasteiger charge is 2.12. The van der Waals surface area contributed by atoms with Crippen LogP contribution in [0.3, 0.4) is 0 Å². The van der Waals surface area contributed by atoms with E-state index in [0.717, 1.165) is 28.0 Å². The predicted molar refractivity (Wildman–Crippen MR) is 109 cm³/mol. The second-order valence-corrected chi connectivity index (χ2v) is 8.78. The zero-order valence-corrected chi connectivity index (χ0v) is 16.8. The Kier molecular flexibility index (Phi) is 5.94. The third-order valence-corrected chi connectivity index (χ3v) is 5.83. The average Bonchev–Trinajstić information content (AvgIpc) is 2.91. The summed E-state index contributed by atoms with van der Waals surface area (Å²) in [5, 5.41) is 3.40. The Bertz CT molecular complexity index is 1010. The van der Waals surface area contributed by atoms with Crippen molar-refractivity contribution in [2.24, 2.45) is 7.05 Å². The van der Waals surface area contributed by atoms with Gasteiger partial charge in [0.1, 0.15) is 5.82 Å². The van der Waals surface area contributed by atoms with Gasteiger partial charge < -0.3 is 9.88 Å². The molecule has 0 saturated carbocycles. The molecule has 0 spiro atoms. The first kappa shape index (κ1) is 19.5. The minimum atomic E-state index is -3.29. The highest BCUT2D eigenvalue weighted by Crippen LogP contribution is 2.14. The minimum absolute atomic E-state index is 0.00124. The maximum Gasteiger partial charge on any atom is 0.216 e. The molecule has 2 N–H and O–H groups in total. The van der Waals surface area contributed by atoms with Crippen LogP contribution in [0.2, 0.25) is 0 Å². The molecular formula is C20H26N4O2S. The van der Waals surface area contributed by atoms with Crippen molar-refractivity contribution in [3.8, 4) is 0 Å². The summed E-state index contributed by atoms with van der Waals surface area (Å²) >= 11 is 0. The van der Waals surface area contributed by atoms with Gasteiger partial charge in [0.2, 0.25) is 10.0 Å². The molecule has 3 aromatic rings. The SMILES string of the molecule is CC(C)NS(=O)(=O)Cc1ccc(CNCc2nc3ccccc3n2C)cc1. The largest absolute Gasteiger partial charge is 0.330 e. The number of hydrogen-bond donors (Lipinski definition) is 2. The summed E-state index contributed by atoms with van der Waals surface area (Å²) in [5.74, 6) is 0.984. The lowest BCUT2D eigenvalue weighted by Gasteiger charge is -2.10. The molecule has 0 bridgehead atoms. The van der Waals surface area contributed by atoms with Crippen LogP contribution in [0.25, 0.3) is 11.0 Å². The lowest BCUT2D eigenvalue weighted by molar-refractivity contribution is 0.569. The van der Waals surface area contributed by atoms with E-state index in [1.54, 1.807) is 0 Å². The van der Waals surface area contributed by atoms with Crippen LogP contribution in [0.5, 0.6) is 0 Å². The lowest BCUT2D eigenvalue weighted by Crippen LogP contribution is -2.31. The van der Waals surface area contributed by atoms with Crippen LogP contribution < -0.4 is 10.0 Å². The number of nitrogens with one attached hydrogen (secondary N) is 2. The fourth-order valence-corrected chi connectivity index (χ4v) is 4.48. The molecule has 2 aromatic carbocycles. The molecule has 0 atom stereocenters. The Balaban J connectivity index is 1.56. The van der Waals surface area contributed by atoms with Gasteiger partial charge in [0.15, 0.2) is 0 Å². The standard InChI is InChI=1S/C20H26N4O2S/c1-15(2)23-27(25,26)14-17-10-8-16(9-11-17)12-21-13-20-22-18-6-4-5-7-19(18)24(20)3/h4-11,15,21,23H,12-14H2,1-3H3. The van der Waals surface area contributed by atoms with Crippen LogP contribution in [-0.4, -0.2) is 24.0 Å². The molecule has 7 heteroatoms.